The van der Waals surface area contributed by atoms with Crippen LogP contribution < -0.4 is 0 Å². The Bertz CT molecular complexity index is 441. The Labute approximate surface area is 125 Å². The van der Waals surface area contributed by atoms with Gasteiger partial charge in [-0.1, -0.05) is 12.1 Å². The average Bonchev–Trinajstić information content (AvgIpc) is 2.94. The van der Waals surface area contributed by atoms with Gasteiger partial charge in [0.25, 0.3) is 0 Å². The summed E-state index contributed by atoms with van der Waals surface area (Å²) in [7, 11) is 1.43. The molecule has 0 spiro atoms. The Hall–Kier alpha value is -1.47. The summed E-state index contributed by atoms with van der Waals surface area (Å²) in [5.41, 5.74) is 0. The van der Waals surface area contributed by atoms with E-state index in [2.05, 4.69) is 31.6 Å². The van der Waals surface area contributed by atoms with E-state index in [1.165, 1.54) is 7.11 Å². The molecule has 7 heteroatoms. The summed E-state index contributed by atoms with van der Waals surface area (Å²) in [6.07, 6.45) is 2.35. The number of carbonyl (C=O) groups is 1. The Morgan fingerprint density at radius 2 is 2.00 bits per heavy atom. The molecule has 0 bridgehead atoms. The zero-order valence-electron chi connectivity index (χ0n) is 12.9. The van der Waals surface area contributed by atoms with E-state index in [1.54, 1.807) is 0 Å². The molecule has 1 saturated heterocycles. The highest BCUT2D eigenvalue weighted by Crippen LogP contribution is 2.08. The van der Waals surface area contributed by atoms with Gasteiger partial charge >= 0.3 is 5.97 Å². The van der Waals surface area contributed by atoms with Crippen molar-refractivity contribution in [1.29, 1.82) is 0 Å². The minimum Gasteiger partial charge on any atom is -0.469 e. The van der Waals surface area contributed by atoms with Gasteiger partial charge in [-0.15, -0.1) is 0 Å². The fourth-order valence-electron chi connectivity index (χ4n) is 2.39. The van der Waals surface area contributed by atoms with Crippen LogP contribution in [-0.4, -0.2) is 65.7 Å². The first kappa shape index (κ1) is 15.9. The predicted molar refractivity (Wildman–Crippen MR) is 76.6 cm³/mol. The van der Waals surface area contributed by atoms with Crippen molar-refractivity contribution in [3.8, 4) is 0 Å². The normalized spacial score (nSPS) is 17.0. The summed E-state index contributed by atoms with van der Waals surface area (Å²) in [4.78, 5) is 20.1. The lowest BCUT2D eigenvalue weighted by molar-refractivity contribution is -0.141. The van der Waals surface area contributed by atoms with Crippen LogP contribution in [0.4, 0.5) is 0 Å². The van der Waals surface area contributed by atoms with Gasteiger partial charge in [0.05, 0.1) is 20.1 Å². The summed E-state index contributed by atoms with van der Waals surface area (Å²) < 4.78 is 9.92. The van der Waals surface area contributed by atoms with Crippen LogP contribution >= 0.6 is 0 Å². The van der Waals surface area contributed by atoms with E-state index in [1.807, 2.05) is 0 Å². The van der Waals surface area contributed by atoms with Crippen molar-refractivity contribution in [2.24, 2.45) is 0 Å². The molecule has 0 aliphatic carbocycles. The lowest BCUT2D eigenvalue weighted by Gasteiger charge is -2.33. The van der Waals surface area contributed by atoms with Crippen LogP contribution in [0.3, 0.4) is 0 Å². The summed E-state index contributed by atoms with van der Waals surface area (Å²) in [6.45, 7) is 7.38. The van der Waals surface area contributed by atoms with Crippen molar-refractivity contribution in [3.63, 3.8) is 0 Å². The molecule has 0 aromatic carbocycles. The zero-order chi connectivity index (χ0) is 15.1. The van der Waals surface area contributed by atoms with Crippen LogP contribution in [-0.2, 0) is 22.5 Å². The Morgan fingerprint density at radius 3 is 2.67 bits per heavy atom. The maximum Gasteiger partial charge on any atom is 0.306 e. The van der Waals surface area contributed by atoms with Crippen LogP contribution in [0.25, 0.3) is 0 Å². The van der Waals surface area contributed by atoms with Gasteiger partial charge in [-0.05, 0) is 6.42 Å². The molecule has 0 radical (unpaired) electrons. The molecular weight excluding hydrogens is 272 g/mol. The second kappa shape index (κ2) is 8.09. The van der Waals surface area contributed by atoms with Crippen LogP contribution in [0.2, 0.25) is 0 Å². The van der Waals surface area contributed by atoms with Crippen LogP contribution in [0.15, 0.2) is 4.52 Å². The standard InChI is InChI=1S/C14H24N4O3/c1-3-4-12-15-13(21-16-12)11-18-9-7-17(8-10-18)6-5-14(19)20-2/h3-11H2,1-2H3. The number of hydrogen-bond acceptors (Lipinski definition) is 7. The first-order valence-corrected chi connectivity index (χ1v) is 7.54. The topological polar surface area (TPSA) is 71.7 Å². The van der Waals surface area contributed by atoms with Crippen LogP contribution in [0.1, 0.15) is 31.5 Å². The highest BCUT2D eigenvalue weighted by Gasteiger charge is 2.19. The number of nitrogens with zero attached hydrogens (tertiary/aromatic N) is 4. The SMILES string of the molecule is CCCc1noc(CN2CCN(CCC(=O)OC)CC2)n1. The monoisotopic (exact) mass is 296 g/mol. The van der Waals surface area contributed by atoms with Crippen LogP contribution in [0.5, 0.6) is 0 Å². The maximum atomic E-state index is 11.1. The Balaban J connectivity index is 1.69. The molecule has 0 saturated carbocycles. The molecule has 118 valence electrons. The Morgan fingerprint density at radius 1 is 1.29 bits per heavy atom. The number of carbonyl (C=O) groups excluding carboxylic acids is 1. The van der Waals surface area contributed by atoms with E-state index in [4.69, 9.17) is 4.52 Å². The van der Waals surface area contributed by atoms with E-state index >= 15 is 0 Å². The van der Waals surface area contributed by atoms with Gasteiger partial charge in [0.2, 0.25) is 5.89 Å². The molecule has 2 heterocycles. The summed E-state index contributed by atoms with van der Waals surface area (Å²) in [5.74, 6) is 1.34. The van der Waals surface area contributed by atoms with Crippen molar-refractivity contribution < 1.29 is 14.1 Å². The summed E-state index contributed by atoms with van der Waals surface area (Å²) >= 11 is 0. The van der Waals surface area contributed by atoms with Crippen LogP contribution in [0, 0.1) is 0 Å². The van der Waals surface area contributed by atoms with Crippen molar-refractivity contribution in [2.75, 3.05) is 39.8 Å². The Kier molecular flexibility index (Phi) is 6.13. The third-order valence-corrected chi connectivity index (χ3v) is 3.67. The van der Waals surface area contributed by atoms with Crippen molar-refractivity contribution in [3.05, 3.63) is 11.7 Å². The molecule has 7 nitrogen and oxygen atoms in total. The van der Waals surface area contributed by atoms with Gasteiger partial charge in [-0.3, -0.25) is 9.69 Å². The van der Waals surface area contributed by atoms with Gasteiger partial charge in [0, 0.05) is 39.1 Å². The minimum absolute atomic E-state index is 0.147. The summed E-state index contributed by atoms with van der Waals surface area (Å²) in [5, 5.41) is 3.97. The van der Waals surface area contributed by atoms with Crippen molar-refractivity contribution in [2.45, 2.75) is 32.7 Å². The number of hydrogen-bond donors (Lipinski definition) is 0. The molecule has 1 aromatic rings. The number of esters is 1. The van der Waals surface area contributed by atoms with Gasteiger partial charge in [-0.2, -0.15) is 4.98 Å². The highest BCUT2D eigenvalue weighted by molar-refractivity contribution is 5.69. The number of ether oxygens (including phenoxy) is 1. The average molecular weight is 296 g/mol. The molecule has 0 N–H and O–H groups in total. The largest absolute Gasteiger partial charge is 0.469 e. The number of piperazine rings is 1. The van der Waals surface area contributed by atoms with Gasteiger partial charge in [-0.25, -0.2) is 0 Å². The fraction of sp³-hybridized carbons (Fsp3) is 0.786. The smallest absolute Gasteiger partial charge is 0.306 e. The molecule has 1 aliphatic heterocycles. The first-order chi connectivity index (χ1) is 10.2. The zero-order valence-corrected chi connectivity index (χ0v) is 12.9. The molecule has 1 aromatic heterocycles. The molecular formula is C14H24N4O3. The number of methoxy groups -OCH3 is 1. The van der Waals surface area contributed by atoms with Gasteiger partial charge in [0.1, 0.15) is 0 Å². The lowest BCUT2D eigenvalue weighted by atomic mass is 10.3. The molecule has 21 heavy (non-hydrogen) atoms. The first-order valence-electron chi connectivity index (χ1n) is 7.54. The van der Waals surface area contributed by atoms with E-state index in [0.717, 1.165) is 51.4 Å². The second-order valence-corrected chi connectivity index (χ2v) is 5.30. The fourth-order valence-corrected chi connectivity index (χ4v) is 2.39. The molecule has 1 aliphatic rings. The van der Waals surface area contributed by atoms with E-state index < -0.39 is 0 Å². The predicted octanol–water partition coefficient (Wildman–Crippen LogP) is 0.703. The van der Waals surface area contributed by atoms with Crippen molar-refractivity contribution >= 4 is 5.97 Å². The third-order valence-electron chi connectivity index (χ3n) is 3.67. The molecule has 0 amide bonds. The van der Waals surface area contributed by atoms with Crippen molar-refractivity contribution in [1.82, 2.24) is 19.9 Å². The molecule has 2 rings (SSSR count). The highest BCUT2D eigenvalue weighted by atomic mass is 16.5. The number of rotatable bonds is 7. The molecule has 0 unspecified atom stereocenters. The van der Waals surface area contributed by atoms with E-state index in [-0.39, 0.29) is 5.97 Å². The molecule has 1 fully saturated rings. The van der Waals surface area contributed by atoms with E-state index in [0.29, 0.717) is 18.9 Å². The minimum atomic E-state index is -0.147. The summed E-state index contributed by atoms with van der Waals surface area (Å²) in [6, 6.07) is 0. The second-order valence-electron chi connectivity index (χ2n) is 5.30. The van der Waals surface area contributed by atoms with Gasteiger partial charge in [0.15, 0.2) is 5.82 Å². The third kappa shape index (κ3) is 5.09. The van der Waals surface area contributed by atoms with E-state index in [9.17, 15) is 4.79 Å². The number of aryl methyl sites for hydroxylation is 1. The maximum absolute atomic E-state index is 11.1. The molecule has 0 atom stereocenters. The number of aromatic nitrogens is 2. The quantitative estimate of drug-likeness (QED) is 0.686. The lowest BCUT2D eigenvalue weighted by Crippen LogP contribution is -2.46. The van der Waals surface area contributed by atoms with Gasteiger partial charge < -0.3 is 14.2 Å².